The Bertz CT molecular complexity index is 566. The van der Waals surface area contributed by atoms with Gasteiger partial charge in [-0.1, -0.05) is 18.3 Å². The molecular formula is C10H11N5S. The van der Waals surface area contributed by atoms with Crippen LogP contribution in [0.4, 0.5) is 11.8 Å². The minimum absolute atomic E-state index is 0.157. The quantitative estimate of drug-likeness (QED) is 0.769. The van der Waals surface area contributed by atoms with Gasteiger partial charge in [0.05, 0.1) is 5.52 Å². The zero-order valence-electron chi connectivity index (χ0n) is 8.77. The third-order valence-electron chi connectivity index (χ3n) is 1.85. The molecule has 0 fully saturated rings. The van der Waals surface area contributed by atoms with Gasteiger partial charge in [0.25, 0.3) is 0 Å². The Balaban J connectivity index is 2.57. The number of hydrogen-bond donors (Lipinski definition) is 2. The molecule has 0 aliphatic carbocycles. The minimum Gasteiger partial charge on any atom is -0.382 e. The first kappa shape index (κ1) is 10.7. The summed E-state index contributed by atoms with van der Waals surface area (Å²) in [7, 11) is 0. The largest absolute Gasteiger partial charge is 0.382 e. The Morgan fingerprint density at radius 3 is 2.81 bits per heavy atom. The molecule has 0 saturated carbocycles. The number of nitrogens with two attached hydrogens (primary N) is 2. The molecule has 0 saturated heterocycles. The number of aromatic nitrogens is 3. The van der Waals surface area contributed by atoms with Gasteiger partial charge in [0.2, 0.25) is 5.95 Å². The maximum absolute atomic E-state index is 5.69. The van der Waals surface area contributed by atoms with E-state index < -0.39 is 0 Å². The van der Waals surface area contributed by atoms with Gasteiger partial charge in [-0.15, -0.1) is 0 Å². The van der Waals surface area contributed by atoms with Gasteiger partial charge < -0.3 is 11.5 Å². The first-order valence-electron chi connectivity index (χ1n) is 4.58. The molecule has 0 atom stereocenters. The molecule has 0 amide bonds. The van der Waals surface area contributed by atoms with E-state index >= 15 is 0 Å². The molecular weight excluding hydrogens is 222 g/mol. The van der Waals surface area contributed by atoms with E-state index in [0.717, 1.165) is 9.80 Å². The molecule has 82 valence electrons. The lowest BCUT2D eigenvalue weighted by atomic mass is 10.3. The van der Waals surface area contributed by atoms with Gasteiger partial charge in [-0.3, -0.25) is 0 Å². The summed E-state index contributed by atoms with van der Waals surface area (Å²) in [6, 6.07) is 1.87. The van der Waals surface area contributed by atoms with Crippen LogP contribution >= 0.6 is 11.8 Å². The van der Waals surface area contributed by atoms with Crippen molar-refractivity contribution in [2.24, 2.45) is 0 Å². The second-order valence-corrected chi connectivity index (χ2v) is 4.68. The number of allylic oxidation sites excluding steroid dienone is 1. The molecule has 2 aromatic rings. The van der Waals surface area contributed by atoms with Crippen LogP contribution < -0.4 is 11.5 Å². The minimum atomic E-state index is 0.157. The van der Waals surface area contributed by atoms with E-state index in [1.165, 1.54) is 11.8 Å². The molecule has 2 rings (SSSR count). The Kier molecular flexibility index (Phi) is 2.66. The number of nitrogen functional groups attached to an aromatic ring is 2. The summed E-state index contributed by atoms with van der Waals surface area (Å²) >= 11 is 1.53. The summed E-state index contributed by atoms with van der Waals surface area (Å²) in [5.74, 6) is 0.457. The predicted octanol–water partition coefficient (Wildman–Crippen LogP) is 1.81. The molecule has 0 bridgehead atoms. The fraction of sp³-hybridized carbons (Fsp3) is 0.100. The number of hydrogen-bond acceptors (Lipinski definition) is 6. The molecule has 0 aliphatic rings. The maximum Gasteiger partial charge on any atom is 0.222 e. The monoisotopic (exact) mass is 233 g/mol. The zero-order valence-corrected chi connectivity index (χ0v) is 9.58. The maximum atomic E-state index is 5.69. The number of thioether (sulfide) groups is 1. The van der Waals surface area contributed by atoms with Crippen LogP contribution in [0.5, 0.6) is 0 Å². The van der Waals surface area contributed by atoms with Crippen molar-refractivity contribution in [2.45, 2.75) is 11.8 Å². The lowest BCUT2D eigenvalue weighted by Crippen LogP contribution is -2.01. The summed E-state index contributed by atoms with van der Waals surface area (Å²) < 4.78 is 0. The average molecular weight is 233 g/mol. The highest BCUT2D eigenvalue weighted by Gasteiger charge is 2.06. The van der Waals surface area contributed by atoms with Crippen molar-refractivity contribution >= 4 is 34.6 Å². The van der Waals surface area contributed by atoms with E-state index in [1.54, 1.807) is 6.20 Å². The molecule has 2 aromatic heterocycles. The normalized spacial score (nSPS) is 10.6. The van der Waals surface area contributed by atoms with E-state index in [0.29, 0.717) is 16.9 Å². The first-order chi connectivity index (χ1) is 7.56. The van der Waals surface area contributed by atoms with Crippen molar-refractivity contribution in [1.29, 1.82) is 0 Å². The highest BCUT2D eigenvalue weighted by atomic mass is 32.2. The molecule has 5 nitrogen and oxygen atoms in total. The Morgan fingerprint density at radius 1 is 1.38 bits per heavy atom. The highest BCUT2D eigenvalue weighted by Crippen LogP contribution is 2.27. The second-order valence-electron chi connectivity index (χ2n) is 3.31. The van der Waals surface area contributed by atoms with E-state index in [-0.39, 0.29) is 5.95 Å². The standard InChI is InChI=1S/C10H11N5S/c1-5(2)16-6-3-7-8(13-4-6)9(11)15-10(12)14-7/h3-4H,1H2,2H3,(H4,11,12,14,15). The van der Waals surface area contributed by atoms with Crippen molar-refractivity contribution in [2.75, 3.05) is 11.5 Å². The van der Waals surface area contributed by atoms with Crippen molar-refractivity contribution in [3.05, 3.63) is 23.7 Å². The highest BCUT2D eigenvalue weighted by molar-refractivity contribution is 8.03. The SMILES string of the molecule is C=C(C)Sc1cnc2c(N)nc(N)nc2c1. The van der Waals surface area contributed by atoms with Crippen LogP contribution in [0.15, 0.2) is 28.6 Å². The van der Waals surface area contributed by atoms with Crippen molar-refractivity contribution < 1.29 is 0 Å². The lowest BCUT2D eigenvalue weighted by molar-refractivity contribution is 1.20. The van der Waals surface area contributed by atoms with Crippen LogP contribution in [-0.4, -0.2) is 15.0 Å². The van der Waals surface area contributed by atoms with E-state index in [2.05, 4.69) is 21.5 Å². The van der Waals surface area contributed by atoms with E-state index in [1.807, 2.05) is 13.0 Å². The number of rotatable bonds is 2. The van der Waals surface area contributed by atoms with Crippen molar-refractivity contribution in [3.8, 4) is 0 Å². The summed E-state index contributed by atoms with van der Waals surface area (Å²) in [6.45, 7) is 5.75. The third kappa shape index (κ3) is 2.06. The van der Waals surface area contributed by atoms with Crippen LogP contribution in [-0.2, 0) is 0 Å². The third-order valence-corrected chi connectivity index (χ3v) is 2.65. The molecule has 6 heteroatoms. The fourth-order valence-electron chi connectivity index (χ4n) is 1.30. The topological polar surface area (TPSA) is 90.7 Å². The molecule has 4 N–H and O–H groups in total. The first-order valence-corrected chi connectivity index (χ1v) is 5.40. The molecule has 0 spiro atoms. The fourth-order valence-corrected chi connectivity index (χ4v) is 1.98. The number of anilines is 2. The van der Waals surface area contributed by atoms with Gasteiger partial charge in [0, 0.05) is 11.1 Å². The van der Waals surface area contributed by atoms with Crippen LogP contribution in [0.1, 0.15) is 6.92 Å². The molecule has 2 heterocycles. The van der Waals surface area contributed by atoms with Gasteiger partial charge in [-0.05, 0) is 17.9 Å². The summed E-state index contributed by atoms with van der Waals surface area (Å²) in [4.78, 5) is 14.1. The van der Waals surface area contributed by atoms with E-state index in [9.17, 15) is 0 Å². The predicted molar refractivity (Wildman–Crippen MR) is 66.8 cm³/mol. The Morgan fingerprint density at radius 2 is 2.12 bits per heavy atom. The molecule has 0 unspecified atom stereocenters. The van der Waals surface area contributed by atoms with Gasteiger partial charge in [0.15, 0.2) is 5.82 Å². The molecule has 0 radical (unpaired) electrons. The number of fused-ring (bicyclic) bond motifs is 1. The van der Waals surface area contributed by atoms with Crippen LogP contribution in [0.3, 0.4) is 0 Å². The smallest absolute Gasteiger partial charge is 0.222 e. The molecule has 16 heavy (non-hydrogen) atoms. The van der Waals surface area contributed by atoms with Gasteiger partial charge in [-0.2, -0.15) is 4.98 Å². The van der Waals surface area contributed by atoms with Crippen LogP contribution in [0.2, 0.25) is 0 Å². The zero-order chi connectivity index (χ0) is 11.7. The summed E-state index contributed by atoms with van der Waals surface area (Å²) in [5, 5.41) is 0. The van der Waals surface area contributed by atoms with Gasteiger partial charge in [-0.25, -0.2) is 9.97 Å². The Hall–Kier alpha value is -1.82. The van der Waals surface area contributed by atoms with Crippen LogP contribution in [0, 0.1) is 0 Å². The second kappa shape index (κ2) is 3.97. The summed E-state index contributed by atoms with van der Waals surface area (Å²) in [6.07, 6.45) is 1.72. The van der Waals surface area contributed by atoms with Crippen molar-refractivity contribution in [1.82, 2.24) is 15.0 Å². The van der Waals surface area contributed by atoms with Crippen LogP contribution in [0.25, 0.3) is 11.0 Å². The Labute approximate surface area is 97.0 Å². The van der Waals surface area contributed by atoms with Gasteiger partial charge >= 0.3 is 0 Å². The van der Waals surface area contributed by atoms with Gasteiger partial charge in [0.1, 0.15) is 5.52 Å². The van der Waals surface area contributed by atoms with Crippen molar-refractivity contribution in [3.63, 3.8) is 0 Å². The number of pyridine rings is 1. The lowest BCUT2D eigenvalue weighted by Gasteiger charge is -2.04. The molecule has 0 aliphatic heterocycles. The van der Waals surface area contributed by atoms with E-state index in [4.69, 9.17) is 11.5 Å². The summed E-state index contributed by atoms with van der Waals surface area (Å²) in [5.41, 5.74) is 12.4. The average Bonchev–Trinajstić information content (AvgIpc) is 2.15. The molecule has 0 aromatic carbocycles. The number of nitrogens with zero attached hydrogens (tertiary/aromatic N) is 3.